The first-order valence-corrected chi connectivity index (χ1v) is 6.35. The minimum atomic E-state index is -0.234. The molecule has 1 aromatic rings. The lowest BCUT2D eigenvalue weighted by atomic mass is 10.3. The topological polar surface area (TPSA) is 32.3 Å². The molecule has 1 unspecified atom stereocenters. The molecule has 94 valence electrons. The van der Waals surface area contributed by atoms with Gasteiger partial charge in [-0.3, -0.25) is 4.79 Å². The van der Waals surface area contributed by atoms with Crippen LogP contribution in [0, 0.1) is 0 Å². The predicted octanol–water partition coefficient (Wildman–Crippen LogP) is 1.95. The number of hydrogen-bond donors (Lipinski definition) is 2. The molecular formula is C13H20N2OS. The second-order valence-corrected chi connectivity index (χ2v) is 4.85. The zero-order valence-electron chi connectivity index (χ0n) is 10.4. The van der Waals surface area contributed by atoms with Gasteiger partial charge in [-0.15, -0.1) is 0 Å². The summed E-state index contributed by atoms with van der Waals surface area (Å²) >= 11 is 4.07. The number of nitrogens with zero attached hydrogens (tertiary/aromatic N) is 1. The number of carbonyl (C=O) groups excluding carboxylic acids is 1. The number of thiol groups is 1. The van der Waals surface area contributed by atoms with Crippen molar-refractivity contribution >= 4 is 24.2 Å². The van der Waals surface area contributed by atoms with Crippen LogP contribution in [0.2, 0.25) is 0 Å². The lowest BCUT2D eigenvalue weighted by Gasteiger charge is -2.19. The molecule has 1 rings (SSSR count). The van der Waals surface area contributed by atoms with Crippen molar-refractivity contribution in [3.8, 4) is 0 Å². The van der Waals surface area contributed by atoms with Crippen LogP contribution in [0.15, 0.2) is 30.3 Å². The smallest absolute Gasteiger partial charge is 0.232 e. The average Bonchev–Trinajstić information content (AvgIpc) is 2.35. The maximum Gasteiger partial charge on any atom is 0.232 e. The molecule has 0 heterocycles. The Morgan fingerprint density at radius 3 is 2.65 bits per heavy atom. The Morgan fingerprint density at radius 2 is 2.06 bits per heavy atom. The normalized spacial score (nSPS) is 11.9. The van der Waals surface area contributed by atoms with Crippen LogP contribution in [0.3, 0.4) is 0 Å². The number of anilines is 1. The number of benzene rings is 1. The van der Waals surface area contributed by atoms with E-state index in [0.29, 0.717) is 6.54 Å². The fourth-order valence-corrected chi connectivity index (χ4v) is 1.58. The highest BCUT2D eigenvalue weighted by Crippen LogP contribution is 2.10. The summed E-state index contributed by atoms with van der Waals surface area (Å²) in [5.74, 6) is -0.00398. The fourth-order valence-electron chi connectivity index (χ4n) is 1.49. The average molecular weight is 252 g/mol. The minimum Gasteiger partial charge on any atom is -0.375 e. The van der Waals surface area contributed by atoms with Crippen molar-refractivity contribution in [2.45, 2.75) is 18.6 Å². The Balaban J connectivity index is 2.21. The highest BCUT2D eigenvalue weighted by molar-refractivity contribution is 7.81. The molecule has 0 aliphatic rings. The molecule has 0 aromatic heterocycles. The SMILES string of the molecule is CC(S)C(=O)NCCCN(C)c1ccccc1. The zero-order chi connectivity index (χ0) is 12.7. The van der Waals surface area contributed by atoms with Crippen molar-refractivity contribution in [1.29, 1.82) is 0 Å². The van der Waals surface area contributed by atoms with Gasteiger partial charge in [-0.2, -0.15) is 12.6 Å². The van der Waals surface area contributed by atoms with Gasteiger partial charge in [0.2, 0.25) is 5.91 Å². The largest absolute Gasteiger partial charge is 0.375 e. The predicted molar refractivity (Wildman–Crippen MR) is 75.8 cm³/mol. The van der Waals surface area contributed by atoms with Crippen LogP contribution in [0.1, 0.15) is 13.3 Å². The van der Waals surface area contributed by atoms with Crippen molar-refractivity contribution in [1.82, 2.24) is 5.32 Å². The molecule has 1 N–H and O–H groups in total. The summed E-state index contributed by atoms with van der Waals surface area (Å²) in [4.78, 5) is 13.4. The van der Waals surface area contributed by atoms with Crippen LogP contribution >= 0.6 is 12.6 Å². The van der Waals surface area contributed by atoms with Gasteiger partial charge in [0.15, 0.2) is 0 Å². The summed E-state index contributed by atoms with van der Waals surface area (Å²) in [6, 6.07) is 10.2. The van der Waals surface area contributed by atoms with Gasteiger partial charge in [0.05, 0.1) is 5.25 Å². The minimum absolute atomic E-state index is 0.00398. The van der Waals surface area contributed by atoms with Crippen molar-refractivity contribution in [3.63, 3.8) is 0 Å². The zero-order valence-corrected chi connectivity index (χ0v) is 11.3. The number of rotatable bonds is 6. The first-order valence-electron chi connectivity index (χ1n) is 5.83. The highest BCUT2D eigenvalue weighted by Gasteiger charge is 2.06. The van der Waals surface area contributed by atoms with Crippen molar-refractivity contribution in [2.24, 2.45) is 0 Å². The molecule has 0 fully saturated rings. The first kappa shape index (κ1) is 13.9. The van der Waals surface area contributed by atoms with E-state index >= 15 is 0 Å². The summed E-state index contributed by atoms with van der Waals surface area (Å²) < 4.78 is 0. The molecular weight excluding hydrogens is 232 g/mol. The van der Waals surface area contributed by atoms with Gasteiger partial charge < -0.3 is 10.2 Å². The Kier molecular flexibility index (Phi) is 5.91. The maximum absolute atomic E-state index is 11.3. The number of hydrogen-bond acceptors (Lipinski definition) is 3. The van der Waals surface area contributed by atoms with Gasteiger partial charge in [-0.25, -0.2) is 0 Å². The second-order valence-electron chi connectivity index (χ2n) is 4.08. The number of nitrogens with one attached hydrogen (secondary N) is 1. The van der Waals surface area contributed by atoms with E-state index < -0.39 is 0 Å². The third-order valence-corrected chi connectivity index (χ3v) is 2.78. The van der Waals surface area contributed by atoms with Crippen LogP contribution in [0.5, 0.6) is 0 Å². The van der Waals surface area contributed by atoms with Crippen LogP contribution < -0.4 is 10.2 Å². The number of carbonyl (C=O) groups is 1. The Labute approximate surface area is 109 Å². The van der Waals surface area contributed by atoms with E-state index in [9.17, 15) is 4.79 Å². The summed E-state index contributed by atoms with van der Waals surface area (Å²) in [6.07, 6.45) is 0.928. The summed E-state index contributed by atoms with van der Waals surface area (Å²) in [7, 11) is 2.05. The molecule has 0 saturated heterocycles. The molecule has 0 radical (unpaired) electrons. The van der Waals surface area contributed by atoms with E-state index in [0.717, 1.165) is 13.0 Å². The summed E-state index contributed by atoms with van der Waals surface area (Å²) in [5, 5.41) is 2.61. The molecule has 1 atom stereocenters. The highest BCUT2D eigenvalue weighted by atomic mass is 32.1. The van der Waals surface area contributed by atoms with Gasteiger partial charge in [-0.1, -0.05) is 18.2 Å². The summed E-state index contributed by atoms with van der Waals surface area (Å²) in [5.41, 5.74) is 1.20. The van der Waals surface area contributed by atoms with E-state index in [1.165, 1.54) is 5.69 Å². The third-order valence-electron chi connectivity index (χ3n) is 2.55. The van der Waals surface area contributed by atoms with Crippen molar-refractivity contribution < 1.29 is 4.79 Å². The first-order chi connectivity index (χ1) is 8.11. The lowest BCUT2D eigenvalue weighted by Crippen LogP contribution is -2.32. The summed E-state index contributed by atoms with van der Waals surface area (Å²) in [6.45, 7) is 3.39. The van der Waals surface area contributed by atoms with Gasteiger partial charge >= 0.3 is 0 Å². The molecule has 0 aliphatic carbocycles. The van der Waals surface area contributed by atoms with E-state index in [-0.39, 0.29) is 11.2 Å². The molecule has 0 saturated carbocycles. The van der Waals surface area contributed by atoms with Gasteiger partial charge in [-0.05, 0) is 25.5 Å². The molecule has 17 heavy (non-hydrogen) atoms. The Hall–Kier alpha value is -1.16. The Bertz CT molecular complexity index is 341. The molecule has 1 amide bonds. The molecule has 0 bridgehead atoms. The third kappa shape index (κ3) is 5.13. The Morgan fingerprint density at radius 1 is 1.41 bits per heavy atom. The van der Waals surface area contributed by atoms with E-state index in [4.69, 9.17) is 0 Å². The quantitative estimate of drug-likeness (QED) is 0.599. The molecule has 0 aliphatic heterocycles. The standard InChI is InChI=1S/C13H20N2OS/c1-11(17)13(16)14-9-6-10-15(2)12-7-4-3-5-8-12/h3-5,7-8,11,17H,6,9-10H2,1-2H3,(H,14,16). The number of amides is 1. The van der Waals surface area contributed by atoms with Crippen molar-refractivity contribution in [3.05, 3.63) is 30.3 Å². The van der Waals surface area contributed by atoms with E-state index in [1.54, 1.807) is 6.92 Å². The van der Waals surface area contributed by atoms with Crippen LogP contribution in [-0.4, -0.2) is 31.3 Å². The molecule has 0 spiro atoms. The van der Waals surface area contributed by atoms with Crippen LogP contribution in [0.25, 0.3) is 0 Å². The number of para-hydroxylation sites is 1. The monoisotopic (exact) mass is 252 g/mol. The van der Waals surface area contributed by atoms with Crippen LogP contribution in [0.4, 0.5) is 5.69 Å². The molecule has 4 heteroatoms. The van der Waals surface area contributed by atoms with Gasteiger partial charge in [0, 0.05) is 25.8 Å². The van der Waals surface area contributed by atoms with Crippen LogP contribution in [-0.2, 0) is 4.79 Å². The van der Waals surface area contributed by atoms with Gasteiger partial charge in [0.1, 0.15) is 0 Å². The maximum atomic E-state index is 11.3. The van der Waals surface area contributed by atoms with Crippen molar-refractivity contribution in [2.75, 3.05) is 25.0 Å². The fraction of sp³-hybridized carbons (Fsp3) is 0.462. The van der Waals surface area contributed by atoms with E-state index in [2.05, 4.69) is 42.0 Å². The lowest BCUT2D eigenvalue weighted by molar-refractivity contribution is -0.120. The molecule has 1 aromatic carbocycles. The second kappa shape index (κ2) is 7.22. The molecule has 3 nitrogen and oxygen atoms in total. The van der Waals surface area contributed by atoms with E-state index in [1.807, 2.05) is 18.2 Å². The van der Waals surface area contributed by atoms with Gasteiger partial charge in [0.25, 0.3) is 0 Å².